The summed E-state index contributed by atoms with van der Waals surface area (Å²) in [7, 11) is -6.81. The third-order valence-corrected chi connectivity index (χ3v) is 17.1. The number of ether oxygens (including phenoxy) is 1. The smallest absolute Gasteiger partial charge is 0.293 e. The van der Waals surface area contributed by atoms with Crippen molar-refractivity contribution in [3.63, 3.8) is 0 Å². The number of rotatable bonds is 16. The Balaban J connectivity index is 0.975. The van der Waals surface area contributed by atoms with Crippen molar-refractivity contribution in [2.75, 3.05) is 61.0 Å². The average molecular weight is 958 g/mol. The number of pyridine rings is 1. The van der Waals surface area contributed by atoms with E-state index in [-0.39, 0.29) is 34.4 Å². The van der Waals surface area contributed by atoms with Crippen LogP contribution < -0.4 is 19.7 Å². The standard InChI is InChI=1S/C48H57ClN8O7S2/c1-5-65(61,6-2)53-37-23-32(24-37)29-51-43-14-12-40(27-44(43)57(59)60)66(62,63)54-47(58)41-13-11-38(26-45(41)64-39-25-34-16-18-50-46(34)52-30-39)56-21-19-55(20-22-56)31-35-15-17-48(3,4)28-42(35)33-7-9-36(49)10-8-33/h7-14,16,18,25-27,30,32,37,51H,5-6,15,17,19-24,28-29,31H2,1-4H3,(H,50,52)(H,54,58). The number of nitrogens with zero attached hydrogens (tertiary/aromatic N) is 5. The molecule has 5 aromatic rings. The zero-order valence-corrected chi connectivity index (χ0v) is 40.1. The van der Waals surface area contributed by atoms with Gasteiger partial charge >= 0.3 is 0 Å². The molecule has 2 fully saturated rings. The Kier molecular flexibility index (Phi) is 13.8. The highest BCUT2D eigenvalue weighted by Crippen LogP contribution is 2.44. The maximum atomic E-state index is 14.0. The summed E-state index contributed by atoms with van der Waals surface area (Å²) < 4.78 is 53.3. The van der Waals surface area contributed by atoms with E-state index in [2.05, 4.69) is 60.1 Å². The van der Waals surface area contributed by atoms with E-state index >= 15 is 0 Å². The molecule has 66 heavy (non-hydrogen) atoms. The monoisotopic (exact) mass is 956 g/mol. The van der Waals surface area contributed by atoms with E-state index in [4.69, 9.17) is 16.3 Å². The number of piperazine rings is 1. The lowest BCUT2D eigenvalue weighted by Crippen LogP contribution is -2.47. The van der Waals surface area contributed by atoms with Crippen molar-refractivity contribution in [2.24, 2.45) is 15.7 Å². The number of hydrogen-bond donors (Lipinski definition) is 3. The van der Waals surface area contributed by atoms with Crippen molar-refractivity contribution in [3.05, 3.63) is 117 Å². The molecule has 3 N–H and O–H groups in total. The highest BCUT2D eigenvalue weighted by atomic mass is 35.5. The first-order chi connectivity index (χ1) is 31.5. The van der Waals surface area contributed by atoms with Crippen LogP contribution in [0.2, 0.25) is 5.02 Å². The van der Waals surface area contributed by atoms with E-state index < -0.39 is 41.2 Å². The second kappa shape index (κ2) is 19.4. The molecule has 1 saturated heterocycles. The van der Waals surface area contributed by atoms with Gasteiger partial charge in [0.15, 0.2) is 0 Å². The van der Waals surface area contributed by atoms with Gasteiger partial charge in [-0.25, -0.2) is 26.7 Å². The van der Waals surface area contributed by atoms with E-state index in [0.717, 1.165) is 61.1 Å². The van der Waals surface area contributed by atoms with Crippen LogP contribution in [-0.4, -0.2) is 95.1 Å². The number of H-pyrrole nitrogens is 1. The average Bonchev–Trinajstić information content (AvgIpc) is 3.76. The van der Waals surface area contributed by atoms with Crippen LogP contribution in [0.25, 0.3) is 16.6 Å². The number of sulfonamides is 1. The van der Waals surface area contributed by atoms with Crippen LogP contribution in [-0.2, 0) is 19.8 Å². The van der Waals surface area contributed by atoms with E-state index in [1.54, 1.807) is 24.4 Å². The fourth-order valence-electron chi connectivity index (χ4n) is 9.03. The largest absolute Gasteiger partial charge is 0.455 e. The lowest BCUT2D eigenvalue weighted by atomic mass is 9.72. The maximum Gasteiger partial charge on any atom is 0.293 e. The number of halogens is 1. The fourth-order valence-corrected chi connectivity index (χ4v) is 11.6. The molecule has 0 unspecified atom stereocenters. The van der Waals surface area contributed by atoms with Gasteiger partial charge in [-0.3, -0.25) is 19.8 Å². The highest BCUT2D eigenvalue weighted by molar-refractivity contribution is 7.93. The third-order valence-electron chi connectivity index (χ3n) is 13.1. The second-order valence-corrected chi connectivity index (χ2v) is 23.3. The minimum absolute atomic E-state index is 0.00814. The minimum atomic E-state index is -4.59. The third kappa shape index (κ3) is 10.9. The summed E-state index contributed by atoms with van der Waals surface area (Å²) in [5.41, 5.74) is 5.41. The number of anilines is 2. The number of nitro groups is 1. The van der Waals surface area contributed by atoms with Crippen molar-refractivity contribution < 1.29 is 27.1 Å². The first kappa shape index (κ1) is 47.0. The van der Waals surface area contributed by atoms with E-state index in [1.165, 1.54) is 41.1 Å². The van der Waals surface area contributed by atoms with Gasteiger partial charge in [0.05, 0.1) is 27.6 Å². The van der Waals surface area contributed by atoms with Gasteiger partial charge in [0.1, 0.15) is 22.8 Å². The summed E-state index contributed by atoms with van der Waals surface area (Å²) >= 11 is 6.25. The lowest BCUT2D eigenvalue weighted by molar-refractivity contribution is -0.384. The number of benzene rings is 3. The Hall–Kier alpha value is -5.49. The Morgan fingerprint density at radius 1 is 1.00 bits per heavy atom. The zero-order valence-electron chi connectivity index (χ0n) is 37.7. The number of nitrogens with one attached hydrogen (secondary N) is 3. The van der Waals surface area contributed by atoms with E-state index in [1.807, 2.05) is 32.0 Å². The van der Waals surface area contributed by atoms with Crippen LogP contribution in [0.4, 0.5) is 17.1 Å². The number of aromatic nitrogens is 2. The van der Waals surface area contributed by atoms with Crippen molar-refractivity contribution in [3.8, 4) is 11.5 Å². The zero-order chi connectivity index (χ0) is 46.8. The van der Waals surface area contributed by atoms with Crippen LogP contribution in [0.3, 0.4) is 0 Å². The Labute approximate surface area is 391 Å². The molecular formula is C48H57ClN8O7S2. The molecule has 2 aliphatic carbocycles. The molecule has 3 aromatic carbocycles. The van der Waals surface area contributed by atoms with Gasteiger partial charge in [-0.05, 0) is 103 Å². The molecule has 3 aliphatic rings. The number of amides is 1. The Morgan fingerprint density at radius 2 is 1.74 bits per heavy atom. The Bertz CT molecular complexity index is 2890. The molecule has 0 bridgehead atoms. The predicted molar refractivity (Wildman–Crippen MR) is 262 cm³/mol. The number of hydrogen-bond acceptors (Lipinski definition) is 12. The summed E-state index contributed by atoms with van der Waals surface area (Å²) in [4.78, 5) is 37.2. The highest BCUT2D eigenvalue weighted by Gasteiger charge is 2.32. The summed E-state index contributed by atoms with van der Waals surface area (Å²) in [6, 6.07) is 20.3. The molecule has 18 heteroatoms. The van der Waals surface area contributed by atoms with Crippen LogP contribution >= 0.6 is 11.6 Å². The normalized spacial score (nSPS) is 19.0. The molecule has 15 nitrogen and oxygen atoms in total. The molecule has 0 radical (unpaired) electrons. The van der Waals surface area contributed by atoms with Crippen LogP contribution in [0.15, 0.2) is 100 Å². The number of allylic oxidation sites excluding steroid dienone is 1. The van der Waals surface area contributed by atoms with Crippen molar-refractivity contribution in [1.82, 2.24) is 19.6 Å². The summed E-state index contributed by atoms with van der Waals surface area (Å²) in [6.07, 6.45) is 7.87. The molecule has 350 valence electrons. The molecule has 0 spiro atoms. The quantitative estimate of drug-likeness (QED) is 0.0630. The Morgan fingerprint density at radius 3 is 2.45 bits per heavy atom. The van der Waals surface area contributed by atoms with Gasteiger partial charge in [0, 0.05) is 94.9 Å². The van der Waals surface area contributed by atoms with Gasteiger partial charge in [-0.2, -0.15) is 0 Å². The van der Waals surface area contributed by atoms with Gasteiger partial charge in [-0.1, -0.05) is 57.0 Å². The van der Waals surface area contributed by atoms with Crippen LogP contribution in [0.1, 0.15) is 75.7 Å². The van der Waals surface area contributed by atoms with Gasteiger partial charge in [0.25, 0.3) is 21.6 Å². The van der Waals surface area contributed by atoms with Crippen LogP contribution in [0.5, 0.6) is 11.5 Å². The summed E-state index contributed by atoms with van der Waals surface area (Å²) in [5, 5.41) is 16.8. The molecule has 0 atom stereocenters. The van der Waals surface area contributed by atoms with E-state index in [9.17, 15) is 27.5 Å². The van der Waals surface area contributed by atoms with Crippen molar-refractivity contribution in [2.45, 2.75) is 70.7 Å². The molecule has 8 rings (SSSR count). The number of carbonyl (C=O) groups is 1. The van der Waals surface area contributed by atoms with E-state index in [0.29, 0.717) is 55.4 Å². The number of carbonyl (C=O) groups excluding carboxylic acids is 1. The molecule has 1 saturated carbocycles. The number of nitro benzene ring substituents is 1. The molecule has 2 aromatic heterocycles. The van der Waals surface area contributed by atoms with Gasteiger partial charge in [0.2, 0.25) is 0 Å². The second-order valence-electron chi connectivity index (χ2n) is 18.3. The summed E-state index contributed by atoms with van der Waals surface area (Å²) in [6.45, 7) is 12.7. The summed E-state index contributed by atoms with van der Waals surface area (Å²) in [5.74, 6) is 0.652. The minimum Gasteiger partial charge on any atom is -0.455 e. The topological polar surface area (TPSA) is 192 Å². The first-order valence-corrected chi connectivity index (χ1v) is 26.2. The maximum absolute atomic E-state index is 14.0. The lowest BCUT2D eigenvalue weighted by Gasteiger charge is -2.39. The van der Waals surface area contributed by atoms with Crippen molar-refractivity contribution in [1.29, 1.82) is 0 Å². The molecule has 1 amide bonds. The SMILES string of the molecule is CCS(=O)(CC)=NC1CC(CNc2ccc(S(=O)(=O)NC(=O)c3ccc(N4CCN(CC5=C(c6ccc(Cl)cc6)CC(C)(C)CC5)CC4)cc3Oc3cnc4[nH]ccc4c3)cc2[N+](=O)[O-])C1. The fraction of sp³-hybridized carbons (Fsp3) is 0.417. The predicted octanol–water partition coefficient (Wildman–Crippen LogP) is 9.52. The first-order valence-electron chi connectivity index (χ1n) is 22.5. The molecular weight excluding hydrogens is 900 g/mol. The van der Waals surface area contributed by atoms with Crippen molar-refractivity contribution >= 4 is 70.9 Å². The number of aromatic amines is 1. The molecule has 1 aliphatic heterocycles. The van der Waals surface area contributed by atoms with Gasteiger partial charge < -0.3 is 19.9 Å². The molecule has 3 heterocycles. The number of fused-ring (bicyclic) bond motifs is 1. The van der Waals surface area contributed by atoms with Gasteiger partial charge in [-0.15, -0.1) is 0 Å². The van der Waals surface area contributed by atoms with Crippen LogP contribution in [0, 0.1) is 21.4 Å².